The van der Waals surface area contributed by atoms with Gasteiger partial charge in [0.15, 0.2) is 9.84 Å². The van der Waals surface area contributed by atoms with E-state index >= 15 is 0 Å². The molecular weight excluding hydrogens is 342 g/mol. The smallest absolute Gasteiger partial charge is 0.308 e. The fraction of sp³-hybridized carbons (Fsp3) is 0.556. The van der Waals surface area contributed by atoms with Gasteiger partial charge in [0.05, 0.1) is 16.1 Å². The lowest BCUT2D eigenvalue weighted by Gasteiger charge is -2.17. The number of carbonyl (C=O) groups is 2. The van der Waals surface area contributed by atoms with Crippen molar-refractivity contribution in [3.05, 3.63) is 29.8 Å². The molecule has 0 unspecified atom stereocenters. The normalized spacial score (nSPS) is 24.3. The van der Waals surface area contributed by atoms with Crippen molar-refractivity contribution in [2.45, 2.75) is 61.1 Å². The maximum Gasteiger partial charge on any atom is 0.308 e. The van der Waals surface area contributed by atoms with E-state index in [4.69, 9.17) is 0 Å². The number of amides is 1. The molecule has 3 rings (SSSR count). The fourth-order valence-corrected chi connectivity index (χ4v) is 5.72. The van der Waals surface area contributed by atoms with Gasteiger partial charge >= 0.3 is 5.97 Å². The second kappa shape index (κ2) is 7.15. The van der Waals surface area contributed by atoms with Gasteiger partial charge in [-0.2, -0.15) is 0 Å². The maximum absolute atomic E-state index is 12.5. The summed E-state index contributed by atoms with van der Waals surface area (Å²) in [6, 6.07) is 5.59. The number of carboxylic acid groups (broad SMARTS) is 1. The molecule has 6 nitrogen and oxygen atoms in total. The van der Waals surface area contributed by atoms with Gasteiger partial charge in [0.2, 0.25) is 0 Å². The van der Waals surface area contributed by atoms with Crippen LogP contribution >= 0.6 is 0 Å². The number of hydrogen-bond acceptors (Lipinski definition) is 4. The molecule has 0 heterocycles. The number of benzene rings is 1. The highest BCUT2D eigenvalue weighted by atomic mass is 32.2. The average molecular weight is 365 g/mol. The molecule has 0 bridgehead atoms. The van der Waals surface area contributed by atoms with Crippen LogP contribution in [0.4, 0.5) is 0 Å². The zero-order valence-corrected chi connectivity index (χ0v) is 14.8. The van der Waals surface area contributed by atoms with Crippen LogP contribution in [-0.4, -0.2) is 36.7 Å². The predicted molar refractivity (Wildman–Crippen MR) is 92.1 cm³/mol. The van der Waals surface area contributed by atoms with Crippen LogP contribution in [0.15, 0.2) is 29.2 Å². The van der Waals surface area contributed by atoms with E-state index in [1.54, 1.807) is 0 Å². The van der Waals surface area contributed by atoms with Crippen molar-refractivity contribution in [3.8, 4) is 0 Å². The van der Waals surface area contributed by atoms with Crippen LogP contribution in [-0.2, 0) is 14.6 Å². The lowest BCUT2D eigenvalue weighted by molar-refractivity contribution is -0.142. The Hall–Kier alpha value is -1.89. The van der Waals surface area contributed by atoms with E-state index in [2.05, 4.69) is 5.32 Å². The molecule has 2 N–H and O–H groups in total. The van der Waals surface area contributed by atoms with E-state index in [9.17, 15) is 23.1 Å². The van der Waals surface area contributed by atoms with E-state index < -0.39 is 21.7 Å². The summed E-state index contributed by atoms with van der Waals surface area (Å²) in [6.07, 6.45) is 5.27. The highest BCUT2D eigenvalue weighted by Gasteiger charge is 2.34. The predicted octanol–water partition coefficient (Wildman–Crippen LogP) is 2.39. The molecule has 1 aromatic carbocycles. The molecule has 0 radical (unpaired) electrons. The molecule has 0 aromatic heterocycles. The first kappa shape index (κ1) is 17.9. The van der Waals surface area contributed by atoms with Crippen LogP contribution in [0.3, 0.4) is 0 Å². The quantitative estimate of drug-likeness (QED) is 0.834. The third kappa shape index (κ3) is 3.71. The summed E-state index contributed by atoms with van der Waals surface area (Å²) < 4.78 is 25.1. The molecule has 2 atom stereocenters. The zero-order valence-electron chi connectivity index (χ0n) is 14.0. The van der Waals surface area contributed by atoms with E-state index in [1.807, 2.05) is 0 Å². The van der Waals surface area contributed by atoms with E-state index in [0.717, 1.165) is 19.3 Å². The van der Waals surface area contributed by atoms with E-state index in [-0.39, 0.29) is 22.1 Å². The van der Waals surface area contributed by atoms with Crippen molar-refractivity contribution < 1.29 is 23.1 Å². The number of carbonyl (C=O) groups excluding carboxylic acids is 1. The summed E-state index contributed by atoms with van der Waals surface area (Å²) in [5, 5.41) is 11.6. The van der Waals surface area contributed by atoms with Gasteiger partial charge in [0, 0.05) is 11.6 Å². The number of rotatable bonds is 5. The molecule has 2 aliphatic rings. The Morgan fingerprint density at radius 1 is 0.960 bits per heavy atom. The summed E-state index contributed by atoms with van der Waals surface area (Å²) in [5.41, 5.74) is 0.349. The van der Waals surface area contributed by atoms with Crippen molar-refractivity contribution in [2.75, 3.05) is 0 Å². The van der Waals surface area contributed by atoms with Crippen molar-refractivity contribution in [3.63, 3.8) is 0 Å². The van der Waals surface area contributed by atoms with Crippen LogP contribution in [0.2, 0.25) is 0 Å². The zero-order chi connectivity index (χ0) is 18.0. The molecule has 1 amide bonds. The van der Waals surface area contributed by atoms with Crippen LogP contribution < -0.4 is 5.32 Å². The summed E-state index contributed by atoms with van der Waals surface area (Å²) in [6.45, 7) is 0. The lowest BCUT2D eigenvalue weighted by atomic mass is 10.0. The van der Waals surface area contributed by atoms with Crippen molar-refractivity contribution in [1.29, 1.82) is 0 Å². The third-order valence-electron chi connectivity index (χ3n) is 5.34. The number of carboxylic acids is 1. The van der Waals surface area contributed by atoms with E-state index in [0.29, 0.717) is 31.2 Å². The molecule has 7 heteroatoms. The number of nitrogens with one attached hydrogen (secondary N) is 1. The lowest BCUT2D eigenvalue weighted by Crippen LogP contribution is -2.40. The second-order valence-electron chi connectivity index (χ2n) is 6.93. The summed E-state index contributed by atoms with van der Waals surface area (Å²) >= 11 is 0. The maximum atomic E-state index is 12.5. The van der Waals surface area contributed by atoms with Gasteiger partial charge < -0.3 is 10.4 Å². The molecule has 0 aliphatic heterocycles. The topological polar surface area (TPSA) is 101 Å². The van der Waals surface area contributed by atoms with Crippen molar-refractivity contribution >= 4 is 21.7 Å². The minimum absolute atomic E-state index is 0.250. The highest BCUT2D eigenvalue weighted by molar-refractivity contribution is 7.92. The van der Waals surface area contributed by atoms with Gasteiger partial charge in [-0.3, -0.25) is 9.59 Å². The number of hydrogen-bond donors (Lipinski definition) is 2. The van der Waals surface area contributed by atoms with Gasteiger partial charge in [0.25, 0.3) is 5.91 Å². The van der Waals surface area contributed by atoms with Crippen molar-refractivity contribution in [1.82, 2.24) is 5.32 Å². The summed E-state index contributed by atoms with van der Waals surface area (Å²) in [7, 11) is -3.33. The molecule has 0 saturated heterocycles. The SMILES string of the molecule is O=C(N[C@H]1CCC[C@H]1C(=O)O)c1ccc(S(=O)(=O)C2CCCC2)cc1. The molecule has 25 heavy (non-hydrogen) atoms. The Bertz CT molecular complexity index is 750. The Morgan fingerprint density at radius 3 is 2.20 bits per heavy atom. The second-order valence-corrected chi connectivity index (χ2v) is 9.16. The molecule has 2 saturated carbocycles. The number of aliphatic carboxylic acids is 1. The van der Waals surface area contributed by atoms with Crippen LogP contribution in [0.1, 0.15) is 55.3 Å². The van der Waals surface area contributed by atoms with Gasteiger partial charge in [-0.1, -0.05) is 19.3 Å². The molecule has 136 valence electrons. The first-order valence-corrected chi connectivity index (χ1v) is 10.3. The van der Waals surface area contributed by atoms with Crippen LogP contribution in [0.25, 0.3) is 0 Å². The summed E-state index contributed by atoms with van der Waals surface area (Å²) in [5.74, 6) is -1.80. The fourth-order valence-electron chi connectivity index (χ4n) is 3.87. The first-order valence-electron chi connectivity index (χ1n) is 8.77. The Morgan fingerprint density at radius 2 is 1.60 bits per heavy atom. The highest BCUT2D eigenvalue weighted by Crippen LogP contribution is 2.30. The minimum Gasteiger partial charge on any atom is -0.481 e. The van der Waals surface area contributed by atoms with Crippen LogP contribution in [0, 0.1) is 5.92 Å². The molecule has 1 aromatic rings. The Balaban J connectivity index is 1.69. The largest absolute Gasteiger partial charge is 0.481 e. The first-order chi connectivity index (χ1) is 11.9. The summed E-state index contributed by atoms with van der Waals surface area (Å²) in [4.78, 5) is 23.8. The minimum atomic E-state index is -3.33. The molecular formula is C18H23NO5S. The number of sulfone groups is 1. The van der Waals surface area contributed by atoms with Gasteiger partial charge in [-0.15, -0.1) is 0 Å². The third-order valence-corrected chi connectivity index (χ3v) is 7.61. The van der Waals surface area contributed by atoms with Crippen molar-refractivity contribution in [2.24, 2.45) is 5.92 Å². The van der Waals surface area contributed by atoms with Gasteiger partial charge in [0.1, 0.15) is 0 Å². The molecule has 2 aliphatic carbocycles. The Labute approximate surface area is 147 Å². The Kier molecular flexibility index (Phi) is 5.13. The monoisotopic (exact) mass is 365 g/mol. The van der Waals surface area contributed by atoms with E-state index in [1.165, 1.54) is 24.3 Å². The van der Waals surface area contributed by atoms with Gasteiger partial charge in [-0.25, -0.2) is 8.42 Å². The van der Waals surface area contributed by atoms with Crippen LogP contribution in [0.5, 0.6) is 0 Å². The average Bonchev–Trinajstić information content (AvgIpc) is 3.26. The molecule has 0 spiro atoms. The standard InChI is InChI=1S/C18H23NO5S/c20-17(19-16-7-3-6-15(16)18(21)22)12-8-10-14(11-9-12)25(23,24)13-4-1-2-5-13/h8-11,13,15-16H,1-7H2,(H,19,20)(H,21,22)/t15-,16+/m1/s1. The van der Waals surface area contributed by atoms with Gasteiger partial charge in [-0.05, 0) is 49.9 Å². The molecule has 2 fully saturated rings.